The minimum Gasteiger partial charge on any atom is -0.492 e. The van der Waals surface area contributed by atoms with Crippen LogP contribution in [0.5, 0.6) is 5.75 Å². The van der Waals surface area contributed by atoms with Gasteiger partial charge in [0.1, 0.15) is 16.6 Å². The predicted octanol–water partition coefficient (Wildman–Crippen LogP) is 2.11. The van der Waals surface area contributed by atoms with E-state index in [9.17, 15) is 8.42 Å². The van der Waals surface area contributed by atoms with Gasteiger partial charge in [0.05, 0.1) is 0 Å². The summed E-state index contributed by atoms with van der Waals surface area (Å²) in [5, 5.41) is 1.73. The molecule has 18 heavy (non-hydrogen) atoms. The number of rotatable bonds is 6. The van der Waals surface area contributed by atoms with Gasteiger partial charge < -0.3 is 4.74 Å². The fraction of sp³-hybridized carbons (Fsp3) is 0.167. The van der Waals surface area contributed by atoms with Gasteiger partial charge in [0.25, 0.3) is 0 Å². The van der Waals surface area contributed by atoms with Crippen molar-refractivity contribution in [2.45, 2.75) is 4.21 Å². The van der Waals surface area contributed by atoms with Crippen molar-refractivity contribution in [3.63, 3.8) is 0 Å². The summed E-state index contributed by atoms with van der Waals surface area (Å²) >= 11 is 1.19. The number of benzene rings is 1. The summed E-state index contributed by atoms with van der Waals surface area (Å²) in [6, 6.07) is 12.6. The summed E-state index contributed by atoms with van der Waals surface area (Å²) < 4.78 is 31.7. The van der Waals surface area contributed by atoms with E-state index in [0.717, 1.165) is 5.75 Å². The van der Waals surface area contributed by atoms with Crippen molar-refractivity contribution >= 4 is 21.4 Å². The number of ether oxygens (including phenoxy) is 1. The van der Waals surface area contributed by atoms with Crippen LogP contribution in [0.4, 0.5) is 0 Å². The van der Waals surface area contributed by atoms with Crippen LogP contribution in [0.15, 0.2) is 52.1 Å². The van der Waals surface area contributed by atoms with Gasteiger partial charge in [-0.25, -0.2) is 13.1 Å². The lowest BCUT2D eigenvalue weighted by molar-refractivity contribution is 0.323. The van der Waals surface area contributed by atoms with E-state index in [1.54, 1.807) is 17.5 Å². The van der Waals surface area contributed by atoms with Crippen LogP contribution in [0, 0.1) is 0 Å². The molecule has 1 aromatic carbocycles. The predicted molar refractivity (Wildman–Crippen MR) is 71.4 cm³/mol. The summed E-state index contributed by atoms with van der Waals surface area (Å²) in [5.74, 6) is 0.729. The average molecular weight is 283 g/mol. The van der Waals surface area contributed by atoms with E-state index in [-0.39, 0.29) is 6.54 Å². The maximum atomic E-state index is 11.7. The van der Waals surface area contributed by atoms with Crippen LogP contribution < -0.4 is 9.46 Å². The number of thiophene rings is 1. The Kier molecular flexibility index (Phi) is 4.35. The highest BCUT2D eigenvalue weighted by molar-refractivity contribution is 7.91. The molecule has 1 heterocycles. The third kappa shape index (κ3) is 3.56. The minimum absolute atomic E-state index is 0.245. The van der Waals surface area contributed by atoms with Gasteiger partial charge in [-0.1, -0.05) is 24.3 Å². The Morgan fingerprint density at radius 1 is 1.11 bits per heavy atom. The van der Waals surface area contributed by atoms with E-state index in [1.807, 2.05) is 30.3 Å². The van der Waals surface area contributed by atoms with Crippen LogP contribution in [-0.2, 0) is 10.0 Å². The van der Waals surface area contributed by atoms with E-state index < -0.39 is 10.0 Å². The monoisotopic (exact) mass is 283 g/mol. The maximum absolute atomic E-state index is 11.7. The van der Waals surface area contributed by atoms with Gasteiger partial charge >= 0.3 is 0 Å². The smallest absolute Gasteiger partial charge is 0.250 e. The molecule has 96 valence electrons. The molecule has 0 unspecified atom stereocenters. The fourth-order valence-electron chi connectivity index (χ4n) is 1.35. The van der Waals surface area contributed by atoms with E-state index in [0.29, 0.717) is 10.8 Å². The summed E-state index contributed by atoms with van der Waals surface area (Å²) in [5.41, 5.74) is 0. The molecule has 0 aliphatic heterocycles. The second-order valence-corrected chi connectivity index (χ2v) is 6.43. The van der Waals surface area contributed by atoms with Crippen LogP contribution in [0.1, 0.15) is 0 Å². The first-order valence-electron chi connectivity index (χ1n) is 5.39. The molecule has 2 rings (SSSR count). The zero-order chi connectivity index (χ0) is 12.8. The van der Waals surface area contributed by atoms with Gasteiger partial charge in [-0.3, -0.25) is 0 Å². The molecule has 6 heteroatoms. The average Bonchev–Trinajstić information content (AvgIpc) is 2.91. The number of hydrogen-bond donors (Lipinski definition) is 1. The molecular formula is C12H13NO3S2. The molecule has 4 nitrogen and oxygen atoms in total. The van der Waals surface area contributed by atoms with E-state index >= 15 is 0 Å². The molecule has 0 bridgehead atoms. The standard InChI is InChI=1S/C12H13NO3S2/c14-18(15,12-7-4-10-17-12)13-8-9-16-11-5-2-1-3-6-11/h1-7,10,13H,8-9H2. The molecule has 0 spiro atoms. The number of hydrogen-bond acceptors (Lipinski definition) is 4. The highest BCUT2D eigenvalue weighted by Crippen LogP contribution is 2.15. The van der Waals surface area contributed by atoms with Crippen LogP contribution >= 0.6 is 11.3 Å². The van der Waals surface area contributed by atoms with Gasteiger partial charge in [0.15, 0.2) is 0 Å². The Hall–Kier alpha value is -1.37. The first kappa shape index (κ1) is 13.1. The number of sulfonamides is 1. The van der Waals surface area contributed by atoms with Crippen molar-refractivity contribution < 1.29 is 13.2 Å². The minimum atomic E-state index is -3.38. The van der Waals surface area contributed by atoms with Gasteiger partial charge in [-0.15, -0.1) is 11.3 Å². The largest absolute Gasteiger partial charge is 0.492 e. The Labute approximate surface area is 110 Å². The third-order valence-electron chi connectivity index (χ3n) is 2.17. The molecule has 0 amide bonds. The highest BCUT2D eigenvalue weighted by atomic mass is 32.2. The van der Waals surface area contributed by atoms with Crippen LogP contribution in [-0.4, -0.2) is 21.6 Å². The normalized spacial score (nSPS) is 11.3. The van der Waals surface area contributed by atoms with Crippen LogP contribution in [0.2, 0.25) is 0 Å². The summed E-state index contributed by atoms with van der Waals surface area (Å²) in [6.45, 7) is 0.545. The Morgan fingerprint density at radius 2 is 1.89 bits per heavy atom. The van der Waals surface area contributed by atoms with Gasteiger partial charge in [-0.2, -0.15) is 0 Å². The molecule has 0 aliphatic carbocycles. The topological polar surface area (TPSA) is 55.4 Å². The van der Waals surface area contributed by atoms with Crippen molar-refractivity contribution in [2.24, 2.45) is 0 Å². The van der Waals surface area contributed by atoms with Gasteiger partial charge in [0.2, 0.25) is 10.0 Å². The summed E-state index contributed by atoms with van der Waals surface area (Å²) in [7, 11) is -3.38. The third-order valence-corrected chi connectivity index (χ3v) is 5.02. The highest BCUT2D eigenvalue weighted by Gasteiger charge is 2.13. The molecule has 0 aliphatic rings. The first-order chi connectivity index (χ1) is 8.68. The van der Waals surface area contributed by atoms with E-state index in [2.05, 4.69) is 4.72 Å². The Balaban J connectivity index is 1.79. The zero-order valence-electron chi connectivity index (χ0n) is 9.57. The molecule has 0 saturated carbocycles. The maximum Gasteiger partial charge on any atom is 0.250 e. The Morgan fingerprint density at radius 3 is 2.56 bits per heavy atom. The molecule has 0 fully saturated rings. The molecule has 2 aromatic rings. The molecule has 0 radical (unpaired) electrons. The van der Waals surface area contributed by atoms with Gasteiger partial charge in [-0.05, 0) is 23.6 Å². The van der Waals surface area contributed by atoms with E-state index in [1.165, 1.54) is 11.3 Å². The Bertz CT molecular complexity index is 565. The second kappa shape index (κ2) is 5.99. The van der Waals surface area contributed by atoms with Crippen molar-refractivity contribution in [3.8, 4) is 5.75 Å². The lowest BCUT2D eigenvalue weighted by atomic mass is 10.3. The molecule has 0 atom stereocenters. The zero-order valence-corrected chi connectivity index (χ0v) is 11.2. The lowest BCUT2D eigenvalue weighted by Gasteiger charge is -2.07. The van der Waals surface area contributed by atoms with Gasteiger partial charge in [0, 0.05) is 6.54 Å². The van der Waals surface area contributed by atoms with Crippen molar-refractivity contribution in [1.29, 1.82) is 0 Å². The molecular weight excluding hydrogens is 270 g/mol. The SMILES string of the molecule is O=S(=O)(NCCOc1ccccc1)c1cccs1. The molecule has 1 N–H and O–H groups in total. The summed E-state index contributed by atoms with van der Waals surface area (Å²) in [4.78, 5) is 0. The molecule has 0 saturated heterocycles. The van der Waals surface area contributed by atoms with Crippen LogP contribution in [0.25, 0.3) is 0 Å². The first-order valence-corrected chi connectivity index (χ1v) is 7.76. The van der Waals surface area contributed by atoms with Crippen molar-refractivity contribution in [1.82, 2.24) is 4.72 Å². The number of nitrogens with one attached hydrogen (secondary N) is 1. The lowest BCUT2D eigenvalue weighted by Crippen LogP contribution is -2.27. The van der Waals surface area contributed by atoms with Crippen LogP contribution in [0.3, 0.4) is 0 Å². The number of para-hydroxylation sites is 1. The quantitative estimate of drug-likeness (QED) is 0.826. The van der Waals surface area contributed by atoms with Crippen molar-refractivity contribution in [2.75, 3.05) is 13.2 Å². The fourth-order valence-corrected chi connectivity index (χ4v) is 3.40. The molecule has 1 aromatic heterocycles. The van der Waals surface area contributed by atoms with E-state index in [4.69, 9.17) is 4.74 Å². The summed E-state index contributed by atoms with van der Waals surface area (Å²) in [6.07, 6.45) is 0. The van der Waals surface area contributed by atoms with Crippen molar-refractivity contribution in [3.05, 3.63) is 47.8 Å². The second-order valence-electron chi connectivity index (χ2n) is 3.49.